The number of anilines is 6. The molecule has 0 aromatic heterocycles. The highest BCUT2D eigenvalue weighted by Crippen LogP contribution is 2.52. The van der Waals surface area contributed by atoms with Crippen molar-refractivity contribution < 1.29 is 0 Å². The quantitative estimate of drug-likeness (QED) is 0.102. The average Bonchev–Trinajstić information content (AvgIpc) is 3.42. The Morgan fingerprint density at radius 1 is 0.436 bits per heavy atom. The number of unbranched alkanes of at least 4 members (excludes halogenated alkanes) is 2. The van der Waals surface area contributed by atoms with E-state index in [1.54, 1.807) is 0 Å². The van der Waals surface area contributed by atoms with Gasteiger partial charge in [0, 0.05) is 62.1 Å². The van der Waals surface area contributed by atoms with E-state index >= 15 is 0 Å². The summed E-state index contributed by atoms with van der Waals surface area (Å²) in [4.78, 5) is 7.67. The SMILES string of the molecule is CCCCc1ccc(N(c2cccc([S+](C)C)c2)c2ccc3c(c2)C(C)(C)c2cc(N(c4ccc(CCCC)cc4)c4cccc([S+](C)C)c4)ccc2-3)cc1. The van der Waals surface area contributed by atoms with E-state index in [-0.39, 0.29) is 27.2 Å². The topological polar surface area (TPSA) is 6.48 Å². The third-order valence-electron chi connectivity index (χ3n) is 11.3. The fourth-order valence-electron chi connectivity index (χ4n) is 8.02. The highest BCUT2D eigenvalue weighted by atomic mass is 32.2. The normalized spacial score (nSPS) is 12.9. The van der Waals surface area contributed by atoms with E-state index in [0.29, 0.717) is 0 Å². The fourth-order valence-corrected chi connectivity index (χ4v) is 9.44. The number of nitrogens with zero attached hydrogens (tertiary/aromatic N) is 2. The predicted molar refractivity (Wildman–Crippen MR) is 246 cm³/mol. The molecule has 6 aromatic carbocycles. The maximum absolute atomic E-state index is 2.46. The van der Waals surface area contributed by atoms with Gasteiger partial charge in [0.05, 0.1) is 11.4 Å². The first-order valence-corrected chi connectivity index (χ1v) is 24.1. The lowest BCUT2D eigenvalue weighted by Gasteiger charge is -2.29. The summed E-state index contributed by atoms with van der Waals surface area (Å²) < 4.78 is 0. The smallest absolute Gasteiger partial charge is 0.156 e. The first-order chi connectivity index (χ1) is 26.6. The standard InChI is InChI=1S/C51H58N2S2/c1-9-11-15-37-21-25-39(26-22-37)52(41-17-13-19-45(33-41)54(5)6)43-29-31-47-48-32-30-44(36-50(48)51(3,4)49(47)35-43)53(42-18-14-20-46(34-42)55(7)8)40-27-23-38(24-28-40)16-12-10-2/h13-14,17-36H,9-12,15-16H2,1-8H3/q+2. The van der Waals surface area contributed by atoms with Gasteiger partial charge >= 0.3 is 0 Å². The van der Waals surface area contributed by atoms with Crippen molar-refractivity contribution in [2.45, 2.75) is 81.4 Å². The number of aryl methyl sites for hydroxylation is 2. The van der Waals surface area contributed by atoms with E-state index in [0.717, 1.165) is 12.8 Å². The van der Waals surface area contributed by atoms with Crippen LogP contribution in [0, 0.1) is 0 Å². The maximum Gasteiger partial charge on any atom is 0.156 e. The van der Waals surface area contributed by atoms with E-state index in [4.69, 9.17) is 0 Å². The van der Waals surface area contributed by atoms with E-state index < -0.39 is 0 Å². The highest BCUT2D eigenvalue weighted by molar-refractivity contribution is 7.95. The molecule has 0 N–H and O–H groups in total. The minimum absolute atomic E-state index is 0.164. The van der Waals surface area contributed by atoms with Crippen molar-refractivity contribution in [2.75, 3.05) is 34.8 Å². The first-order valence-electron chi connectivity index (χ1n) is 20.0. The van der Waals surface area contributed by atoms with Gasteiger partial charge in [0.1, 0.15) is 25.0 Å². The van der Waals surface area contributed by atoms with Crippen molar-refractivity contribution in [1.82, 2.24) is 0 Å². The van der Waals surface area contributed by atoms with Crippen LogP contribution in [0.3, 0.4) is 0 Å². The van der Waals surface area contributed by atoms with Gasteiger partial charge in [-0.2, -0.15) is 0 Å². The van der Waals surface area contributed by atoms with Gasteiger partial charge in [0.25, 0.3) is 0 Å². The van der Waals surface area contributed by atoms with Gasteiger partial charge in [-0.15, -0.1) is 0 Å². The van der Waals surface area contributed by atoms with Crippen LogP contribution in [0.4, 0.5) is 34.1 Å². The van der Waals surface area contributed by atoms with Crippen LogP contribution in [0.5, 0.6) is 0 Å². The molecule has 0 heterocycles. The van der Waals surface area contributed by atoms with Gasteiger partial charge in [-0.25, -0.2) is 0 Å². The Hall–Kier alpha value is -4.38. The van der Waals surface area contributed by atoms with E-state index in [1.165, 1.54) is 103 Å². The van der Waals surface area contributed by atoms with Crippen molar-refractivity contribution in [2.24, 2.45) is 0 Å². The summed E-state index contributed by atoms with van der Waals surface area (Å²) in [6, 6.07) is 51.1. The summed E-state index contributed by atoms with van der Waals surface area (Å²) in [5.41, 5.74) is 15.2. The number of rotatable bonds is 14. The lowest BCUT2D eigenvalue weighted by molar-refractivity contribution is 0.660. The minimum Gasteiger partial charge on any atom is -0.310 e. The molecule has 0 aliphatic heterocycles. The van der Waals surface area contributed by atoms with E-state index in [9.17, 15) is 0 Å². The van der Waals surface area contributed by atoms with Crippen LogP contribution in [0.15, 0.2) is 143 Å². The molecule has 7 rings (SSSR count). The molecule has 0 amide bonds. The van der Waals surface area contributed by atoms with Crippen LogP contribution in [0.1, 0.15) is 75.6 Å². The fraction of sp³-hybridized carbons (Fsp3) is 0.294. The van der Waals surface area contributed by atoms with Gasteiger partial charge < -0.3 is 9.80 Å². The highest BCUT2D eigenvalue weighted by Gasteiger charge is 2.37. The van der Waals surface area contributed by atoms with Crippen molar-refractivity contribution in [3.8, 4) is 11.1 Å². The Labute approximate surface area is 337 Å². The lowest BCUT2D eigenvalue weighted by atomic mass is 9.82. The molecule has 0 saturated heterocycles. The summed E-state index contributed by atoms with van der Waals surface area (Å²) in [5, 5.41) is 0. The number of fused-ring (bicyclic) bond motifs is 3. The van der Waals surface area contributed by atoms with Crippen LogP contribution in [0.25, 0.3) is 11.1 Å². The summed E-state index contributed by atoms with van der Waals surface area (Å²) in [6.45, 7) is 9.35. The third kappa shape index (κ3) is 8.13. The lowest BCUT2D eigenvalue weighted by Crippen LogP contribution is -2.18. The van der Waals surface area contributed by atoms with Gasteiger partial charge in [0.2, 0.25) is 0 Å². The largest absolute Gasteiger partial charge is 0.310 e. The zero-order valence-corrected chi connectivity index (χ0v) is 35.8. The van der Waals surface area contributed by atoms with Crippen molar-refractivity contribution in [1.29, 1.82) is 0 Å². The summed E-state index contributed by atoms with van der Waals surface area (Å²) in [7, 11) is 0.327. The van der Waals surface area contributed by atoms with Crippen LogP contribution >= 0.6 is 0 Å². The Balaban J connectivity index is 1.31. The molecule has 1 aliphatic carbocycles. The second kappa shape index (κ2) is 16.8. The maximum atomic E-state index is 2.46. The van der Waals surface area contributed by atoms with Gasteiger partial charge in [-0.3, -0.25) is 0 Å². The van der Waals surface area contributed by atoms with E-state index in [1.807, 2.05) is 0 Å². The molecule has 0 atom stereocenters. The summed E-state index contributed by atoms with van der Waals surface area (Å²) in [6.07, 6.45) is 16.3. The predicted octanol–water partition coefficient (Wildman–Crippen LogP) is 14.1. The zero-order chi connectivity index (χ0) is 38.7. The zero-order valence-electron chi connectivity index (χ0n) is 34.2. The van der Waals surface area contributed by atoms with Crippen LogP contribution in [0.2, 0.25) is 0 Å². The first kappa shape index (κ1) is 38.9. The molecule has 6 aromatic rings. The molecule has 0 unspecified atom stereocenters. The Morgan fingerprint density at radius 2 is 0.800 bits per heavy atom. The number of hydrogen-bond acceptors (Lipinski definition) is 2. The Kier molecular flexibility index (Phi) is 11.9. The Morgan fingerprint density at radius 3 is 1.16 bits per heavy atom. The second-order valence-electron chi connectivity index (χ2n) is 15.9. The molecule has 0 saturated carbocycles. The molecular weight excluding hydrogens is 705 g/mol. The molecule has 282 valence electrons. The molecule has 0 fully saturated rings. The van der Waals surface area contributed by atoms with E-state index in [2.05, 4.69) is 196 Å². The average molecular weight is 763 g/mol. The molecule has 2 nitrogen and oxygen atoms in total. The van der Waals surface area contributed by atoms with Crippen LogP contribution in [-0.2, 0) is 40.0 Å². The monoisotopic (exact) mass is 762 g/mol. The molecule has 4 heteroatoms. The Bertz CT molecular complexity index is 2080. The molecule has 0 radical (unpaired) electrons. The van der Waals surface area contributed by atoms with Gasteiger partial charge in [-0.1, -0.05) is 89.1 Å². The van der Waals surface area contributed by atoms with Crippen molar-refractivity contribution in [3.63, 3.8) is 0 Å². The van der Waals surface area contributed by atoms with Gasteiger partial charge in [-0.05, 0) is 132 Å². The third-order valence-corrected chi connectivity index (χ3v) is 13.7. The minimum atomic E-state index is -0.190. The van der Waals surface area contributed by atoms with Crippen molar-refractivity contribution >= 4 is 55.9 Å². The molecule has 0 bridgehead atoms. The molecule has 0 spiro atoms. The van der Waals surface area contributed by atoms with Crippen LogP contribution in [-0.4, -0.2) is 25.0 Å². The molecule has 1 aliphatic rings. The second-order valence-corrected chi connectivity index (χ2v) is 20.1. The molecular formula is C51H58N2S2+2. The molecule has 55 heavy (non-hydrogen) atoms. The van der Waals surface area contributed by atoms with Crippen LogP contribution < -0.4 is 9.80 Å². The number of benzene rings is 6. The number of hydrogen-bond donors (Lipinski definition) is 0. The van der Waals surface area contributed by atoms with Crippen molar-refractivity contribution in [3.05, 3.63) is 156 Å². The van der Waals surface area contributed by atoms with Gasteiger partial charge in [0.15, 0.2) is 9.79 Å². The summed E-state index contributed by atoms with van der Waals surface area (Å²) in [5.74, 6) is 0. The summed E-state index contributed by atoms with van der Waals surface area (Å²) >= 11 is 0.